The standard InChI is InChI=1S/C21H23N3O3/c1-15-6-2-3-7-16(15)24-20(26)14-18(21(24)27)23-12-10-22(11-13-23)17-8-4-5-9-19(17)25/h2-9,18,25H,10-14H2,1H3. The fraction of sp³-hybridized carbons (Fsp3) is 0.333. The number of benzene rings is 2. The molecule has 2 fully saturated rings. The molecule has 1 unspecified atom stereocenters. The molecule has 1 atom stereocenters. The molecule has 0 bridgehead atoms. The van der Waals surface area contributed by atoms with E-state index < -0.39 is 6.04 Å². The van der Waals surface area contributed by atoms with Gasteiger partial charge in [-0.25, -0.2) is 4.90 Å². The number of hydrogen-bond donors (Lipinski definition) is 1. The molecule has 2 heterocycles. The second-order valence-corrected chi connectivity index (χ2v) is 7.09. The molecule has 2 saturated heterocycles. The highest BCUT2D eigenvalue weighted by Crippen LogP contribution is 2.31. The van der Waals surface area contributed by atoms with E-state index in [1.807, 2.05) is 43.3 Å². The summed E-state index contributed by atoms with van der Waals surface area (Å²) in [5, 5.41) is 10.0. The molecule has 0 aromatic heterocycles. The minimum atomic E-state index is -0.399. The Morgan fingerprint density at radius 2 is 1.52 bits per heavy atom. The van der Waals surface area contributed by atoms with Crippen LogP contribution < -0.4 is 9.80 Å². The second-order valence-electron chi connectivity index (χ2n) is 7.09. The van der Waals surface area contributed by atoms with Gasteiger partial charge in [0.25, 0.3) is 5.91 Å². The molecule has 140 valence electrons. The first-order valence-electron chi connectivity index (χ1n) is 9.25. The Bertz CT molecular complexity index is 874. The number of carbonyl (C=O) groups is 2. The van der Waals surface area contributed by atoms with Crippen molar-refractivity contribution in [3.05, 3.63) is 54.1 Å². The van der Waals surface area contributed by atoms with Crippen molar-refractivity contribution >= 4 is 23.2 Å². The van der Waals surface area contributed by atoms with Gasteiger partial charge in [0, 0.05) is 26.2 Å². The number of carbonyl (C=O) groups excluding carboxylic acids is 2. The summed E-state index contributed by atoms with van der Waals surface area (Å²) in [5.41, 5.74) is 2.42. The Hall–Kier alpha value is -2.86. The normalized spacial score (nSPS) is 21.1. The van der Waals surface area contributed by atoms with Crippen LogP contribution in [-0.4, -0.2) is 54.0 Å². The number of amides is 2. The van der Waals surface area contributed by atoms with Gasteiger partial charge in [0.2, 0.25) is 5.91 Å². The zero-order valence-electron chi connectivity index (χ0n) is 15.3. The van der Waals surface area contributed by atoms with Crippen molar-refractivity contribution in [2.45, 2.75) is 19.4 Å². The van der Waals surface area contributed by atoms with Crippen LogP contribution in [0.2, 0.25) is 0 Å². The fourth-order valence-electron chi connectivity index (χ4n) is 3.97. The van der Waals surface area contributed by atoms with Crippen molar-refractivity contribution in [2.75, 3.05) is 36.0 Å². The summed E-state index contributed by atoms with van der Waals surface area (Å²) in [6, 6.07) is 14.4. The minimum absolute atomic E-state index is 0.134. The van der Waals surface area contributed by atoms with Crippen molar-refractivity contribution in [1.29, 1.82) is 0 Å². The van der Waals surface area contributed by atoms with Crippen molar-refractivity contribution < 1.29 is 14.7 Å². The number of aryl methyl sites for hydroxylation is 1. The molecule has 0 radical (unpaired) electrons. The summed E-state index contributed by atoms with van der Waals surface area (Å²) in [6.07, 6.45) is 0.226. The Morgan fingerprint density at radius 3 is 2.19 bits per heavy atom. The van der Waals surface area contributed by atoms with Crippen LogP contribution in [0.15, 0.2) is 48.5 Å². The first-order chi connectivity index (χ1) is 13.1. The number of anilines is 2. The SMILES string of the molecule is Cc1ccccc1N1C(=O)CC(N2CCN(c3ccccc3O)CC2)C1=O. The number of phenolic OH excluding ortho intramolecular Hbond substituents is 1. The summed E-state index contributed by atoms with van der Waals surface area (Å²) < 4.78 is 0. The van der Waals surface area contributed by atoms with Crippen LogP contribution in [-0.2, 0) is 9.59 Å². The van der Waals surface area contributed by atoms with Crippen LogP contribution in [0.4, 0.5) is 11.4 Å². The van der Waals surface area contributed by atoms with E-state index in [1.54, 1.807) is 12.1 Å². The molecule has 2 amide bonds. The summed E-state index contributed by atoms with van der Waals surface area (Å²) >= 11 is 0. The van der Waals surface area contributed by atoms with E-state index in [0.29, 0.717) is 31.9 Å². The Labute approximate surface area is 158 Å². The lowest BCUT2D eigenvalue weighted by Gasteiger charge is -2.38. The van der Waals surface area contributed by atoms with Gasteiger partial charge in [-0.2, -0.15) is 0 Å². The molecule has 2 aliphatic heterocycles. The highest BCUT2D eigenvalue weighted by atomic mass is 16.3. The van der Waals surface area contributed by atoms with Gasteiger partial charge in [0.1, 0.15) is 5.75 Å². The lowest BCUT2D eigenvalue weighted by molar-refractivity contribution is -0.123. The summed E-state index contributed by atoms with van der Waals surface area (Å²) in [5.74, 6) is -0.00320. The van der Waals surface area contributed by atoms with Gasteiger partial charge < -0.3 is 10.0 Å². The average Bonchev–Trinajstić information content (AvgIpc) is 2.97. The highest BCUT2D eigenvalue weighted by Gasteiger charge is 2.43. The average molecular weight is 365 g/mol. The highest BCUT2D eigenvalue weighted by molar-refractivity contribution is 6.22. The maximum Gasteiger partial charge on any atom is 0.251 e. The quantitative estimate of drug-likeness (QED) is 0.845. The molecule has 2 aliphatic rings. The van der Waals surface area contributed by atoms with Crippen molar-refractivity contribution in [1.82, 2.24) is 4.90 Å². The van der Waals surface area contributed by atoms with Crippen LogP contribution >= 0.6 is 0 Å². The van der Waals surface area contributed by atoms with E-state index in [0.717, 1.165) is 11.3 Å². The van der Waals surface area contributed by atoms with Crippen molar-refractivity contribution in [2.24, 2.45) is 0 Å². The number of nitrogens with zero attached hydrogens (tertiary/aromatic N) is 3. The van der Waals surface area contributed by atoms with Gasteiger partial charge in [-0.3, -0.25) is 14.5 Å². The number of phenols is 1. The number of piperazine rings is 1. The summed E-state index contributed by atoms with van der Waals surface area (Å²) in [4.78, 5) is 31.1. The topological polar surface area (TPSA) is 64.1 Å². The molecule has 0 spiro atoms. The predicted molar refractivity (Wildman–Crippen MR) is 104 cm³/mol. The van der Waals surface area contributed by atoms with Gasteiger partial charge >= 0.3 is 0 Å². The fourth-order valence-corrected chi connectivity index (χ4v) is 3.97. The maximum atomic E-state index is 13.0. The van der Waals surface area contributed by atoms with Gasteiger partial charge in [0.05, 0.1) is 23.8 Å². The van der Waals surface area contributed by atoms with Gasteiger partial charge in [0.15, 0.2) is 0 Å². The monoisotopic (exact) mass is 365 g/mol. The third-order valence-corrected chi connectivity index (χ3v) is 5.46. The Morgan fingerprint density at radius 1 is 0.889 bits per heavy atom. The van der Waals surface area contributed by atoms with Crippen LogP contribution in [0.5, 0.6) is 5.75 Å². The summed E-state index contributed by atoms with van der Waals surface area (Å²) in [7, 11) is 0. The zero-order valence-corrected chi connectivity index (χ0v) is 15.3. The van der Waals surface area contributed by atoms with Crippen LogP contribution in [0.3, 0.4) is 0 Å². The number of imide groups is 1. The van der Waals surface area contributed by atoms with Gasteiger partial charge in [-0.15, -0.1) is 0 Å². The van der Waals surface area contributed by atoms with Gasteiger partial charge in [-0.05, 0) is 30.7 Å². The van der Waals surface area contributed by atoms with Crippen LogP contribution in [0, 0.1) is 6.92 Å². The van der Waals surface area contributed by atoms with E-state index in [-0.39, 0.29) is 24.0 Å². The first kappa shape index (κ1) is 17.5. The lowest BCUT2D eigenvalue weighted by atomic mass is 10.1. The van der Waals surface area contributed by atoms with E-state index in [4.69, 9.17) is 0 Å². The molecule has 2 aromatic rings. The number of aromatic hydroxyl groups is 1. The molecule has 27 heavy (non-hydrogen) atoms. The smallest absolute Gasteiger partial charge is 0.251 e. The largest absolute Gasteiger partial charge is 0.506 e. The van der Waals surface area contributed by atoms with Crippen LogP contribution in [0.1, 0.15) is 12.0 Å². The lowest BCUT2D eigenvalue weighted by Crippen LogP contribution is -2.52. The summed E-state index contributed by atoms with van der Waals surface area (Å²) in [6.45, 7) is 4.69. The third kappa shape index (κ3) is 3.17. The Balaban J connectivity index is 1.46. The van der Waals surface area contributed by atoms with E-state index in [2.05, 4.69) is 9.80 Å². The molecule has 6 heteroatoms. The molecule has 4 rings (SSSR count). The molecular weight excluding hydrogens is 342 g/mol. The molecular formula is C21H23N3O3. The van der Waals surface area contributed by atoms with Crippen LogP contribution in [0.25, 0.3) is 0 Å². The van der Waals surface area contributed by atoms with Crippen molar-refractivity contribution in [3.8, 4) is 5.75 Å². The molecule has 0 aliphatic carbocycles. The second kappa shape index (κ2) is 7.04. The molecule has 6 nitrogen and oxygen atoms in total. The van der Waals surface area contributed by atoms with E-state index >= 15 is 0 Å². The predicted octanol–water partition coefficient (Wildman–Crippen LogP) is 2.15. The van der Waals surface area contributed by atoms with E-state index in [9.17, 15) is 14.7 Å². The zero-order chi connectivity index (χ0) is 19.0. The molecule has 2 aromatic carbocycles. The number of hydrogen-bond acceptors (Lipinski definition) is 5. The van der Waals surface area contributed by atoms with Gasteiger partial charge in [-0.1, -0.05) is 30.3 Å². The minimum Gasteiger partial charge on any atom is -0.506 e. The van der Waals surface area contributed by atoms with Crippen molar-refractivity contribution in [3.63, 3.8) is 0 Å². The molecule has 0 saturated carbocycles. The van der Waals surface area contributed by atoms with E-state index in [1.165, 1.54) is 4.90 Å². The molecule has 1 N–H and O–H groups in total. The maximum absolute atomic E-state index is 13.0. The number of rotatable bonds is 3. The third-order valence-electron chi connectivity index (χ3n) is 5.46. The Kier molecular flexibility index (Phi) is 4.58. The first-order valence-corrected chi connectivity index (χ1v) is 9.25. The number of para-hydroxylation sites is 3.